The Bertz CT molecular complexity index is 617. The average Bonchev–Trinajstić information content (AvgIpc) is 2.54. The highest BCUT2D eigenvalue weighted by Crippen LogP contribution is 2.37. The summed E-state index contributed by atoms with van der Waals surface area (Å²) in [5.41, 5.74) is -0.766. The van der Waals surface area contributed by atoms with Crippen LogP contribution in [0.1, 0.15) is 11.1 Å². The van der Waals surface area contributed by atoms with E-state index in [1.165, 1.54) is 19.2 Å². The molecule has 0 aliphatic carbocycles. The number of piperazine rings is 1. The van der Waals surface area contributed by atoms with Crippen molar-refractivity contribution in [2.24, 2.45) is 0 Å². The van der Waals surface area contributed by atoms with Crippen LogP contribution >= 0.6 is 0 Å². The third kappa shape index (κ3) is 4.13. The Kier molecular flexibility index (Phi) is 5.11. The summed E-state index contributed by atoms with van der Waals surface area (Å²) in [6.45, 7) is 1.79. The van der Waals surface area contributed by atoms with Gasteiger partial charge in [0.2, 0.25) is 0 Å². The third-order valence-electron chi connectivity index (χ3n) is 3.72. The van der Waals surface area contributed by atoms with Gasteiger partial charge in [0.15, 0.2) is 0 Å². The zero-order valence-electron chi connectivity index (χ0n) is 12.6. The molecule has 1 fully saturated rings. The number of rotatable bonds is 3. The lowest BCUT2D eigenvalue weighted by atomic mass is 10.1. The number of hydrogen-bond donors (Lipinski definition) is 0. The van der Waals surface area contributed by atoms with Crippen molar-refractivity contribution in [3.8, 4) is 6.07 Å². The number of halogens is 3. The second-order valence-electron chi connectivity index (χ2n) is 5.18. The maximum atomic E-state index is 13.2. The minimum atomic E-state index is -4.52. The van der Waals surface area contributed by atoms with Crippen molar-refractivity contribution in [1.82, 2.24) is 4.90 Å². The maximum absolute atomic E-state index is 13.2. The fourth-order valence-corrected chi connectivity index (χ4v) is 2.50. The molecule has 2 rings (SSSR count). The van der Waals surface area contributed by atoms with E-state index in [0.717, 1.165) is 6.07 Å². The average molecular weight is 327 g/mol. The zero-order chi connectivity index (χ0) is 17.0. The Hall–Kier alpha value is -2.27. The third-order valence-corrected chi connectivity index (χ3v) is 3.72. The van der Waals surface area contributed by atoms with Crippen molar-refractivity contribution in [2.45, 2.75) is 6.18 Å². The number of esters is 1. The van der Waals surface area contributed by atoms with Crippen LogP contribution in [-0.2, 0) is 15.7 Å². The molecule has 0 N–H and O–H groups in total. The molecule has 0 amide bonds. The van der Waals surface area contributed by atoms with Gasteiger partial charge in [-0.1, -0.05) is 0 Å². The lowest BCUT2D eigenvalue weighted by Gasteiger charge is -2.36. The first-order chi connectivity index (χ1) is 10.8. The lowest BCUT2D eigenvalue weighted by molar-refractivity contribution is -0.142. The molecular weight excluding hydrogens is 311 g/mol. The monoisotopic (exact) mass is 327 g/mol. The van der Waals surface area contributed by atoms with E-state index < -0.39 is 11.7 Å². The molecule has 23 heavy (non-hydrogen) atoms. The lowest BCUT2D eigenvalue weighted by Crippen LogP contribution is -2.48. The number of ether oxygens (including phenoxy) is 1. The molecule has 1 heterocycles. The van der Waals surface area contributed by atoms with Gasteiger partial charge < -0.3 is 9.64 Å². The number of carbonyl (C=O) groups excluding carboxylic acids is 1. The number of anilines is 1. The number of methoxy groups -OCH3 is 1. The minimum absolute atomic E-state index is 0.0228. The van der Waals surface area contributed by atoms with E-state index in [2.05, 4.69) is 4.74 Å². The Morgan fingerprint density at radius 1 is 1.30 bits per heavy atom. The van der Waals surface area contributed by atoms with Crippen molar-refractivity contribution in [1.29, 1.82) is 5.26 Å². The van der Waals surface area contributed by atoms with Crippen molar-refractivity contribution < 1.29 is 22.7 Å². The van der Waals surface area contributed by atoms with Gasteiger partial charge >= 0.3 is 12.1 Å². The van der Waals surface area contributed by atoms with Gasteiger partial charge in [-0.2, -0.15) is 18.4 Å². The van der Waals surface area contributed by atoms with Crippen LogP contribution in [0, 0.1) is 11.3 Å². The normalized spacial score (nSPS) is 16.0. The summed E-state index contributed by atoms with van der Waals surface area (Å²) in [6.07, 6.45) is -4.52. The summed E-state index contributed by atoms with van der Waals surface area (Å²) < 4.78 is 44.2. The molecule has 0 bridgehead atoms. The molecule has 1 aliphatic rings. The molecule has 0 atom stereocenters. The first-order valence-corrected chi connectivity index (χ1v) is 7.00. The molecule has 1 aromatic carbocycles. The summed E-state index contributed by atoms with van der Waals surface area (Å²) in [4.78, 5) is 14.7. The van der Waals surface area contributed by atoms with Crippen molar-refractivity contribution in [2.75, 3.05) is 44.7 Å². The van der Waals surface area contributed by atoms with Gasteiger partial charge in [0.1, 0.15) is 0 Å². The van der Waals surface area contributed by atoms with E-state index in [9.17, 15) is 18.0 Å². The zero-order valence-corrected chi connectivity index (χ0v) is 12.6. The van der Waals surface area contributed by atoms with Crippen LogP contribution in [0.5, 0.6) is 0 Å². The predicted molar refractivity (Wildman–Crippen MR) is 76.8 cm³/mol. The number of nitrogens with zero attached hydrogens (tertiary/aromatic N) is 3. The second kappa shape index (κ2) is 6.87. The predicted octanol–water partition coefficient (Wildman–Crippen LogP) is 1.87. The van der Waals surface area contributed by atoms with Crippen molar-refractivity contribution >= 4 is 11.7 Å². The van der Waals surface area contributed by atoms with Gasteiger partial charge in [-0.05, 0) is 18.2 Å². The molecule has 0 saturated carbocycles. The fraction of sp³-hybridized carbons (Fsp3) is 0.467. The number of nitriles is 1. The highest BCUT2D eigenvalue weighted by molar-refractivity contribution is 5.71. The largest absolute Gasteiger partial charge is 0.468 e. The van der Waals surface area contributed by atoms with Crippen molar-refractivity contribution in [3.05, 3.63) is 29.3 Å². The highest BCUT2D eigenvalue weighted by Gasteiger charge is 2.36. The Morgan fingerprint density at radius 2 is 1.96 bits per heavy atom. The van der Waals surface area contributed by atoms with Gasteiger partial charge in [0.25, 0.3) is 0 Å². The molecule has 0 radical (unpaired) electrons. The van der Waals surface area contributed by atoms with Crippen LogP contribution in [0.2, 0.25) is 0 Å². The van der Waals surface area contributed by atoms with E-state index in [1.807, 2.05) is 4.90 Å². The number of hydrogen-bond acceptors (Lipinski definition) is 5. The van der Waals surface area contributed by atoms with Gasteiger partial charge in [-0.25, -0.2) is 0 Å². The highest BCUT2D eigenvalue weighted by atomic mass is 19.4. The maximum Gasteiger partial charge on any atom is 0.418 e. The molecule has 124 valence electrons. The summed E-state index contributed by atoms with van der Waals surface area (Å²) in [5.74, 6) is -0.368. The molecule has 1 aromatic rings. The van der Waals surface area contributed by atoms with Crippen LogP contribution in [0.4, 0.5) is 18.9 Å². The topological polar surface area (TPSA) is 56.6 Å². The van der Waals surface area contributed by atoms with E-state index >= 15 is 0 Å². The molecular formula is C15H16F3N3O2. The van der Waals surface area contributed by atoms with E-state index in [0.29, 0.717) is 26.2 Å². The van der Waals surface area contributed by atoms with Crippen molar-refractivity contribution in [3.63, 3.8) is 0 Å². The summed E-state index contributed by atoms with van der Waals surface area (Å²) in [6, 6.07) is 5.31. The molecule has 0 unspecified atom stereocenters. The quantitative estimate of drug-likeness (QED) is 0.794. The summed E-state index contributed by atoms with van der Waals surface area (Å²) in [7, 11) is 1.30. The summed E-state index contributed by atoms with van der Waals surface area (Å²) in [5, 5.41) is 8.79. The van der Waals surface area contributed by atoms with E-state index in [4.69, 9.17) is 5.26 Å². The first-order valence-electron chi connectivity index (χ1n) is 7.00. The molecule has 0 aromatic heterocycles. The molecule has 8 heteroatoms. The Morgan fingerprint density at radius 3 is 2.48 bits per heavy atom. The van der Waals surface area contributed by atoms with Gasteiger partial charge in [0, 0.05) is 31.9 Å². The Labute approximate surface area is 131 Å². The van der Waals surface area contributed by atoms with Crippen LogP contribution < -0.4 is 4.90 Å². The molecule has 1 saturated heterocycles. The fourth-order valence-electron chi connectivity index (χ4n) is 2.50. The Balaban J connectivity index is 2.15. The van der Waals surface area contributed by atoms with Crippen LogP contribution in [-0.4, -0.2) is 50.7 Å². The van der Waals surface area contributed by atoms with Gasteiger partial charge in [-0.15, -0.1) is 0 Å². The summed E-state index contributed by atoms with van der Waals surface area (Å²) >= 11 is 0. The van der Waals surface area contributed by atoms with Crippen LogP contribution in [0.3, 0.4) is 0 Å². The smallest absolute Gasteiger partial charge is 0.418 e. The molecule has 1 aliphatic heterocycles. The molecule has 5 nitrogen and oxygen atoms in total. The van der Waals surface area contributed by atoms with E-state index in [1.54, 1.807) is 11.0 Å². The van der Waals surface area contributed by atoms with E-state index in [-0.39, 0.29) is 23.8 Å². The van der Waals surface area contributed by atoms with Crippen LogP contribution in [0.15, 0.2) is 18.2 Å². The standard InChI is InChI=1S/C15H16F3N3O2/c1-23-14(22)10-20-4-6-21(7-5-20)13-3-2-11(9-19)8-12(13)15(16,17)18/h2-3,8H,4-7,10H2,1H3. The second-order valence-corrected chi connectivity index (χ2v) is 5.18. The number of benzene rings is 1. The number of carbonyl (C=O) groups is 1. The van der Waals surface area contributed by atoms with Gasteiger partial charge in [0.05, 0.1) is 30.9 Å². The van der Waals surface area contributed by atoms with Crippen LogP contribution in [0.25, 0.3) is 0 Å². The SMILES string of the molecule is COC(=O)CN1CCN(c2ccc(C#N)cc2C(F)(F)F)CC1. The van der Waals surface area contributed by atoms with Gasteiger partial charge in [-0.3, -0.25) is 9.69 Å². The number of alkyl halides is 3. The minimum Gasteiger partial charge on any atom is -0.468 e. The molecule has 0 spiro atoms. The first kappa shape index (κ1) is 17.1.